The van der Waals surface area contributed by atoms with Crippen molar-refractivity contribution in [3.63, 3.8) is 0 Å². The van der Waals surface area contributed by atoms with Gasteiger partial charge in [0.1, 0.15) is 11.1 Å². The minimum atomic E-state index is -0.771. The van der Waals surface area contributed by atoms with Gasteiger partial charge in [0.2, 0.25) is 5.89 Å². The normalized spacial score (nSPS) is 10.9. The molecular formula is C18H9Cl2N3O4. The van der Waals surface area contributed by atoms with Crippen molar-refractivity contribution in [2.24, 2.45) is 0 Å². The quantitative estimate of drug-likeness (QED) is 0.510. The van der Waals surface area contributed by atoms with Crippen LogP contribution in [0.4, 0.5) is 6.01 Å². The molecule has 0 unspecified atom stereocenters. The van der Waals surface area contributed by atoms with Crippen molar-refractivity contribution in [3.05, 3.63) is 74.6 Å². The number of hydrogen-bond acceptors (Lipinski definition) is 6. The van der Waals surface area contributed by atoms with Gasteiger partial charge in [0, 0.05) is 21.0 Å². The Kier molecular flexibility index (Phi) is 4.39. The van der Waals surface area contributed by atoms with Crippen molar-refractivity contribution >= 4 is 46.1 Å². The highest BCUT2D eigenvalue weighted by Gasteiger charge is 2.17. The third kappa shape index (κ3) is 3.55. The highest BCUT2D eigenvalue weighted by molar-refractivity contribution is 6.35. The number of anilines is 1. The average Bonchev–Trinajstić information content (AvgIpc) is 3.08. The lowest BCUT2D eigenvalue weighted by Gasteiger charge is -2.01. The standard InChI is InChI=1S/C18H9Cl2N3O4/c19-11-5-10(6-12(20)8-11)16-22-23-18(27-16)21-15(24)13-7-9-3-1-2-4-14(9)26-17(13)25/h1-8H,(H,21,23,24). The van der Waals surface area contributed by atoms with Crippen molar-refractivity contribution in [1.82, 2.24) is 10.2 Å². The van der Waals surface area contributed by atoms with E-state index in [1.807, 2.05) is 0 Å². The fourth-order valence-corrected chi connectivity index (χ4v) is 2.98. The van der Waals surface area contributed by atoms with E-state index in [1.165, 1.54) is 6.07 Å². The number of hydrogen-bond donors (Lipinski definition) is 1. The van der Waals surface area contributed by atoms with Crippen LogP contribution in [0.1, 0.15) is 10.4 Å². The first kappa shape index (κ1) is 17.3. The zero-order valence-electron chi connectivity index (χ0n) is 13.4. The maximum absolute atomic E-state index is 12.4. The van der Waals surface area contributed by atoms with Crippen molar-refractivity contribution in [2.45, 2.75) is 0 Å². The third-order valence-electron chi connectivity index (χ3n) is 3.64. The summed E-state index contributed by atoms with van der Waals surface area (Å²) in [5.41, 5.74) is -0.0745. The molecule has 0 saturated heterocycles. The Hall–Kier alpha value is -3.16. The Morgan fingerprint density at radius 3 is 2.48 bits per heavy atom. The fourth-order valence-electron chi connectivity index (χ4n) is 2.45. The molecule has 2 heterocycles. The summed E-state index contributed by atoms with van der Waals surface area (Å²) in [6.45, 7) is 0. The van der Waals surface area contributed by atoms with E-state index in [9.17, 15) is 9.59 Å². The number of aromatic nitrogens is 2. The zero-order chi connectivity index (χ0) is 19.0. The van der Waals surface area contributed by atoms with Gasteiger partial charge in [-0.2, -0.15) is 0 Å². The topological polar surface area (TPSA) is 98.2 Å². The maximum atomic E-state index is 12.4. The summed E-state index contributed by atoms with van der Waals surface area (Å²) in [5.74, 6) is -0.617. The Morgan fingerprint density at radius 2 is 1.70 bits per heavy atom. The molecule has 0 bridgehead atoms. The predicted molar refractivity (Wildman–Crippen MR) is 100 cm³/mol. The molecule has 2 aromatic heterocycles. The van der Waals surface area contributed by atoms with Crippen LogP contribution in [0, 0.1) is 0 Å². The second-order valence-electron chi connectivity index (χ2n) is 5.51. The lowest BCUT2D eigenvalue weighted by molar-refractivity contribution is 0.102. The molecule has 27 heavy (non-hydrogen) atoms. The molecule has 4 aromatic rings. The van der Waals surface area contributed by atoms with Crippen LogP contribution >= 0.6 is 23.2 Å². The third-order valence-corrected chi connectivity index (χ3v) is 4.08. The van der Waals surface area contributed by atoms with Crippen LogP contribution in [0.3, 0.4) is 0 Å². The summed E-state index contributed by atoms with van der Waals surface area (Å²) >= 11 is 11.9. The van der Waals surface area contributed by atoms with E-state index >= 15 is 0 Å². The Labute approximate surface area is 161 Å². The number of nitrogens with one attached hydrogen (secondary N) is 1. The predicted octanol–water partition coefficient (Wildman–Crippen LogP) is 4.40. The molecule has 0 fully saturated rings. The maximum Gasteiger partial charge on any atom is 0.349 e. The first-order valence-electron chi connectivity index (χ1n) is 7.64. The van der Waals surface area contributed by atoms with E-state index < -0.39 is 11.5 Å². The van der Waals surface area contributed by atoms with Gasteiger partial charge in [-0.3, -0.25) is 10.1 Å². The molecule has 0 atom stereocenters. The molecule has 7 nitrogen and oxygen atoms in total. The lowest BCUT2D eigenvalue weighted by Crippen LogP contribution is -2.20. The fraction of sp³-hybridized carbons (Fsp3) is 0. The summed E-state index contributed by atoms with van der Waals surface area (Å²) in [6.07, 6.45) is 0. The van der Waals surface area contributed by atoms with Gasteiger partial charge in [0.05, 0.1) is 0 Å². The minimum Gasteiger partial charge on any atom is -0.422 e. The average molecular weight is 402 g/mol. The lowest BCUT2D eigenvalue weighted by atomic mass is 10.2. The molecular weight excluding hydrogens is 393 g/mol. The molecule has 2 aromatic carbocycles. The number of fused-ring (bicyclic) bond motifs is 1. The largest absolute Gasteiger partial charge is 0.422 e. The Bertz CT molecular complexity index is 1210. The molecule has 0 spiro atoms. The number of amides is 1. The molecule has 4 rings (SSSR count). The van der Waals surface area contributed by atoms with Crippen LogP contribution in [0.25, 0.3) is 22.4 Å². The van der Waals surface area contributed by atoms with Crippen molar-refractivity contribution in [1.29, 1.82) is 0 Å². The summed E-state index contributed by atoms with van der Waals surface area (Å²) in [7, 11) is 0. The molecule has 0 saturated carbocycles. The number of carbonyl (C=O) groups excluding carboxylic acids is 1. The number of para-hydroxylation sites is 1. The smallest absolute Gasteiger partial charge is 0.349 e. The van der Waals surface area contributed by atoms with E-state index in [2.05, 4.69) is 15.5 Å². The SMILES string of the molecule is O=C(Nc1nnc(-c2cc(Cl)cc(Cl)c2)o1)c1cc2ccccc2oc1=O. The van der Waals surface area contributed by atoms with Gasteiger partial charge < -0.3 is 8.83 Å². The van der Waals surface area contributed by atoms with Gasteiger partial charge in [-0.25, -0.2) is 4.79 Å². The van der Waals surface area contributed by atoms with E-state index in [0.29, 0.717) is 26.6 Å². The molecule has 1 amide bonds. The minimum absolute atomic E-state index is 0.111. The first-order valence-corrected chi connectivity index (χ1v) is 8.39. The van der Waals surface area contributed by atoms with E-state index in [0.717, 1.165) is 0 Å². The van der Waals surface area contributed by atoms with Crippen LogP contribution in [0.2, 0.25) is 10.0 Å². The molecule has 0 radical (unpaired) electrons. The monoisotopic (exact) mass is 401 g/mol. The van der Waals surface area contributed by atoms with Crippen LogP contribution < -0.4 is 10.9 Å². The molecule has 1 N–H and O–H groups in total. The molecule has 134 valence electrons. The number of carbonyl (C=O) groups is 1. The number of nitrogens with zero attached hydrogens (tertiary/aromatic N) is 2. The van der Waals surface area contributed by atoms with Crippen molar-refractivity contribution in [2.75, 3.05) is 5.32 Å². The van der Waals surface area contributed by atoms with Gasteiger partial charge in [0.15, 0.2) is 0 Å². The molecule has 0 aliphatic rings. The molecule has 0 aliphatic heterocycles. The highest BCUT2D eigenvalue weighted by atomic mass is 35.5. The van der Waals surface area contributed by atoms with Crippen LogP contribution in [0.15, 0.2) is 62.2 Å². The Morgan fingerprint density at radius 1 is 0.963 bits per heavy atom. The number of halogens is 2. The van der Waals surface area contributed by atoms with Gasteiger partial charge in [-0.15, -0.1) is 5.10 Å². The van der Waals surface area contributed by atoms with Gasteiger partial charge >= 0.3 is 11.6 Å². The molecule has 0 aliphatic carbocycles. The van der Waals surface area contributed by atoms with E-state index in [1.54, 1.807) is 42.5 Å². The second kappa shape index (κ2) is 6.86. The van der Waals surface area contributed by atoms with Crippen molar-refractivity contribution in [3.8, 4) is 11.5 Å². The van der Waals surface area contributed by atoms with Gasteiger partial charge in [-0.05, 0) is 30.3 Å². The zero-order valence-corrected chi connectivity index (χ0v) is 14.9. The first-order chi connectivity index (χ1) is 13.0. The summed E-state index contributed by atoms with van der Waals surface area (Å²) in [6, 6.07) is 12.8. The summed E-state index contributed by atoms with van der Waals surface area (Å²) < 4.78 is 10.5. The van der Waals surface area contributed by atoms with E-state index in [-0.39, 0.29) is 17.5 Å². The van der Waals surface area contributed by atoms with E-state index in [4.69, 9.17) is 32.0 Å². The van der Waals surface area contributed by atoms with Crippen LogP contribution in [0.5, 0.6) is 0 Å². The van der Waals surface area contributed by atoms with Gasteiger partial charge in [-0.1, -0.05) is 46.5 Å². The number of rotatable bonds is 3. The number of benzene rings is 2. The van der Waals surface area contributed by atoms with Gasteiger partial charge in [0.25, 0.3) is 5.91 Å². The Balaban J connectivity index is 1.61. The summed E-state index contributed by atoms with van der Waals surface area (Å²) in [4.78, 5) is 24.4. The highest BCUT2D eigenvalue weighted by Crippen LogP contribution is 2.27. The van der Waals surface area contributed by atoms with Crippen LogP contribution in [-0.2, 0) is 0 Å². The second-order valence-corrected chi connectivity index (χ2v) is 6.38. The summed E-state index contributed by atoms with van der Waals surface area (Å²) in [5, 5.41) is 11.4. The van der Waals surface area contributed by atoms with Crippen molar-refractivity contribution < 1.29 is 13.6 Å². The molecule has 9 heteroatoms. The van der Waals surface area contributed by atoms with Crippen LogP contribution in [-0.4, -0.2) is 16.1 Å².